The molecule has 2 aromatic rings. The molecular weight excluding hydrogens is 321 g/mol. The molecule has 0 aromatic heterocycles. The summed E-state index contributed by atoms with van der Waals surface area (Å²) in [7, 11) is 3.20. The van der Waals surface area contributed by atoms with E-state index in [4.69, 9.17) is 19.9 Å². The Morgan fingerprint density at radius 2 is 1.72 bits per heavy atom. The van der Waals surface area contributed by atoms with Crippen LogP contribution in [0.4, 0.5) is 4.39 Å². The van der Waals surface area contributed by atoms with Gasteiger partial charge in [0.25, 0.3) is 0 Å². The Morgan fingerprint density at radius 1 is 1.00 bits per heavy atom. The first-order valence-corrected chi connectivity index (χ1v) is 8.46. The number of rotatable bonds is 9. The molecule has 0 aliphatic rings. The second-order valence-corrected chi connectivity index (χ2v) is 5.86. The summed E-state index contributed by atoms with van der Waals surface area (Å²) in [6, 6.07) is 10.3. The van der Waals surface area contributed by atoms with E-state index in [-0.39, 0.29) is 11.7 Å². The molecule has 0 radical (unpaired) electrons. The van der Waals surface area contributed by atoms with Crippen molar-refractivity contribution in [3.8, 4) is 17.2 Å². The predicted molar refractivity (Wildman–Crippen MR) is 97.2 cm³/mol. The highest BCUT2D eigenvalue weighted by atomic mass is 19.1. The number of halogens is 1. The number of nitrogens with two attached hydrogens (primary N) is 1. The molecule has 136 valence electrons. The maximum Gasteiger partial charge on any atom is 0.161 e. The van der Waals surface area contributed by atoms with Crippen molar-refractivity contribution in [2.45, 2.75) is 25.7 Å². The first-order chi connectivity index (χ1) is 12.1. The summed E-state index contributed by atoms with van der Waals surface area (Å²) in [4.78, 5) is 0. The van der Waals surface area contributed by atoms with Gasteiger partial charge in [-0.3, -0.25) is 0 Å². The van der Waals surface area contributed by atoms with Crippen LogP contribution in [0.3, 0.4) is 0 Å². The summed E-state index contributed by atoms with van der Waals surface area (Å²) in [6.07, 6.45) is 1.58. The van der Waals surface area contributed by atoms with Crippen molar-refractivity contribution in [2.24, 2.45) is 5.73 Å². The topological polar surface area (TPSA) is 53.7 Å². The highest BCUT2D eigenvalue weighted by Gasteiger charge is 2.17. The lowest BCUT2D eigenvalue weighted by atomic mass is 9.91. The highest BCUT2D eigenvalue weighted by molar-refractivity contribution is 5.44. The van der Waals surface area contributed by atoms with Crippen molar-refractivity contribution < 1.29 is 18.6 Å². The Balaban J connectivity index is 2.25. The molecule has 0 saturated heterocycles. The van der Waals surface area contributed by atoms with E-state index in [9.17, 15) is 4.39 Å². The van der Waals surface area contributed by atoms with Crippen LogP contribution in [0, 0.1) is 5.82 Å². The van der Waals surface area contributed by atoms with Crippen LogP contribution in [0.2, 0.25) is 0 Å². The Hall–Kier alpha value is -2.27. The lowest BCUT2D eigenvalue weighted by molar-refractivity contribution is 0.294. The quantitative estimate of drug-likeness (QED) is 0.747. The standard InChI is InChI=1S/C20H26FNO3/c1-4-9-25-19-7-5-14(11-20(19)24-3)10-15(13-22)17-12-16(21)6-8-18(17)23-2/h5-8,11-12,15H,4,9-10,13,22H2,1-3H3. The molecule has 25 heavy (non-hydrogen) atoms. The first-order valence-electron chi connectivity index (χ1n) is 8.46. The van der Waals surface area contributed by atoms with Gasteiger partial charge in [-0.25, -0.2) is 4.39 Å². The predicted octanol–water partition coefficient (Wildman–Crippen LogP) is 3.92. The second kappa shape index (κ2) is 9.28. The number of hydrogen-bond acceptors (Lipinski definition) is 4. The van der Waals surface area contributed by atoms with Crippen LogP contribution in [0.1, 0.15) is 30.4 Å². The number of methoxy groups -OCH3 is 2. The number of benzene rings is 2. The molecule has 2 rings (SSSR count). The molecule has 0 spiro atoms. The maximum absolute atomic E-state index is 13.7. The van der Waals surface area contributed by atoms with Crippen LogP contribution >= 0.6 is 0 Å². The van der Waals surface area contributed by atoms with E-state index < -0.39 is 0 Å². The zero-order valence-electron chi connectivity index (χ0n) is 15.0. The van der Waals surface area contributed by atoms with Gasteiger partial charge in [-0.2, -0.15) is 0 Å². The van der Waals surface area contributed by atoms with E-state index in [0.717, 1.165) is 23.3 Å². The van der Waals surface area contributed by atoms with Crippen molar-refractivity contribution in [3.63, 3.8) is 0 Å². The molecule has 0 saturated carbocycles. The van der Waals surface area contributed by atoms with E-state index in [1.807, 2.05) is 18.2 Å². The van der Waals surface area contributed by atoms with Crippen LogP contribution in [-0.4, -0.2) is 27.4 Å². The molecule has 0 fully saturated rings. The van der Waals surface area contributed by atoms with Gasteiger partial charge in [-0.05, 0) is 55.3 Å². The minimum absolute atomic E-state index is 0.0576. The van der Waals surface area contributed by atoms with Crippen molar-refractivity contribution in [3.05, 3.63) is 53.3 Å². The fourth-order valence-corrected chi connectivity index (χ4v) is 2.80. The van der Waals surface area contributed by atoms with Crippen molar-refractivity contribution in [1.82, 2.24) is 0 Å². The monoisotopic (exact) mass is 347 g/mol. The zero-order valence-corrected chi connectivity index (χ0v) is 15.0. The fraction of sp³-hybridized carbons (Fsp3) is 0.400. The van der Waals surface area contributed by atoms with E-state index in [2.05, 4.69) is 6.92 Å². The summed E-state index contributed by atoms with van der Waals surface area (Å²) in [5.74, 6) is 1.70. The third-order valence-electron chi connectivity index (χ3n) is 4.09. The largest absolute Gasteiger partial charge is 0.496 e. The molecule has 1 atom stereocenters. The van der Waals surface area contributed by atoms with Gasteiger partial charge in [-0.1, -0.05) is 13.0 Å². The molecule has 2 N–H and O–H groups in total. The van der Waals surface area contributed by atoms with Crippen molar-refractivity contribution >= 4 is 0 Å². The molecule has 2 aromatic carbocycles. The summed E-state index contributed by atoms with van der Waals surface area (Å²) < 4.78 is 30.1. The number of ether oxygens (including phenoxy) is 3. The maximum atomic E-state index is 13.7. The van der Waals surface area contributed by atoms with Crippen LogP contribution < -0.4 is 19.9 Å². The smallest absolute Gasteiger partial charge is 0.161 e. The average molecular weight is 347 g/mol. The molecule has 0 aliphatic heterocycles. The summed E-state index contributed by atoms with van der Waals surface area (Å²) in [6.45, 7) is 3.08. The van der Waals surface area contributed by atoms with Crippen LogP contribution in [0.15, 0.2) is 36.4 Å². The third kappa shape index (κ3) is 4.86. The molecule has 5 heteroatoms. The van der Waals surface area contributed by atoms with E-state index >= 15 is 0 Å². The van der Waals surface area contributed by atoms with Gasteiger partial charge in [0, 0.05) is 11.5 Å². The first kappa shape index (κ1) is 19.1. The molecule has 0 heterocycles. The second-order valence-electron chi connectivity index (χ2n) is 5.86. The summed E-state index contributed by atoms with van der Waals surface area (Å²) in [5.41, 5.74) is 7.78. The Morgan fingerprint density at radius 3 is 2.36 bits per heavy atom. The third-order valence-corrected chi connectivity index (χ3v) is 4.09. The normalized spacial score (nSPS) is 11.9. The van der Waals surface area contributed by atoms with Crippen LogP contribution in [0.25, 0.3) is 0 Å². The lowest BCUT2D eigenvalue weighted by Crippen LogP contribution is -2.16. The Kier molecular flexibility index (Phi) is 7.07. The molecule has 1 unspecified atom stereocenters. The average Bonchev–Trinajstić information content (AvgIpc) is 2.64. The van der Waals surface area contributed by atoms with Gasteiger partial charge in [0.2, 0.25) is 0 Å². The fourth-order valence-electron chi connectivity index (χ4n) is 2.80. The Labute approximate surface area is 148 Å². The Bertz CT molecular complexity index is 691. The zero-order chi connectivity index (χ0) is 18.2. The van der Waals surface area contributed by atoms with E-state index in [0.29, 0.717) is 31.1 Å². The SMILES string of the molecule is CCCOc1ccc(CC(CN)c2cc(F)ccc2OC)cc1OC. The molecule has 4 nitrogen and oxygen atoms in total. The van der Waals surface area contributed by atoms with Gasteiger partial charge in [0.1, 0.15) is 11.6 Å². The van der Waals surface area contributed by atoms with Gasteiger partial charge < -0.3 is 19.9 Å². The van der Waals surface area contributed by atoms with Gasteiger partial charge in [0.15, 0.2) is 11.5 Å². The van der Waals surface area contributed by atoms with E-state index in [1.165, 1.54) is 12.1 Å². The lowest BCUT2D eigenvalue weighted by Gasteiger charge is -2.19. The van der Waals surface area contributed by atoms with Gasteiger partial charge in [0.05, 0.1) is 20.8 Å². The van der Waals surface area contributed by atoms with Crippen molar-refractivity contribution in [2.75, 3.05) is 27.4 Å². The minimum Gasteiger partial charge on any atom is -0.496 e. The number of hydrogen-bond donors (Lipinski definition) is 1. The van der Waals surface area contributed by atoms with Gasteiger partial charge >= 0.3 is 0 Å². The molecular formula is C20H26FNO3. The van der Waals surface area contributed by atoms with E-state index in [1.54, 1.807) is 20.3 Å². The summed E-state index contributed by atoms with van der Waals surface area (Å²) >= 11 is 0. The van der Waals surface area contributed by atoms with Crippen LogP contribution in [0.5, 0.6) is 17.2 Å². The molecule has 0 amide bonds. The van der Waals surface area contributed by atoms with Crippen LogP contribution in [-0.2, 0) is 6.42 Å². The molecule has 0 bridgehead atoms. The van der Waals surface area contributed by atoms with Crippen molar-refractivity contribution in [1.29, 1.82) is 0 Å². The minimum atomic E-state index is -0.296. The van der Waals surface area contributed by atoms with Gasteiger partial charge in [-0.15, -0.1) is 0 Å². The summed E-state index contributed by atoms with van der Waals surface area (Å²) in [5, 5.41) is 0. The highest BCUT2D eigenvalue weighted by Crippen LogP contribution is 2.33. The molecule has 0 aliphatic carbocycles.